The van der Waals surface area contributed by atoms with Crippen molar-refractivity contribution in [2.75, 3.05) is 25.5 Å². The molecule has 90 valence electrons. The van der Waals surface area contributed by atoms with E-state index >= 15 is 0 Å². The van der Waals surface area contributed by atoms with Crippen LogP contribution in [0, 0.1) is 0 Å². The SMILES string of the molecule is CC(C)N(C)CCCNc1ncccc1Br. The molecule has 0 fully saturated rings. The fourth-order valence-electron chi connectivity index (χ4n) is 1.31. The molecule has 1 N–H and O–H groups in total. The minimum Gasteiger partial charge on any atom is -0.369 e. The molecule has 0 aliphatic rings. The number of rotatable bonds is 6. The first-order chi connectivity index (χ1) is 7.61. The van der Waals surface area contributed by atoms with Gasteiger partial charge in [-0.2, -0.15) is 0 Å². The molecule has 0 amide bonds. The minimum absolute atomic E-state index is 0.613. The van der Waals surface area contributed by atoms with Crippen LogP contribution in [-0.4, -0.2) is 36.1 Å². The molecular formula is C12H20BrN3. The van der Waals surface area contributed by atoms with E-state index in [2.05, 4.69) is 52.0 Å². The van der Waals surface area contributed by atoms with Gasteiger partial charge in [0.2, 0.25) is 0 Å². The number of hydrogen-bond donors (Lipinski definition) is 1. The predicted octanol–water partition coefficient (Wildman–Crippen LogP) is 2.99. The van der Waals surface area contributed by atoms with Gasteiger partial charge in [-0.15, -0.1) is 0 Å². The van der Waals surface area contributed by atoms with Crippen LogP contribution < -0.4 is 5.32 Å². The normalized spacial score (nSPS) is 11.1. The van der Waals surface area contributed by atoms with Gasteiger partial charge in [0.15, 0.2) is 0 Å². The molecule has 0 saturated carbocycles. The second-order valence-corrected chi connectivity index (χ2v) is 5.04. The maximum Gasteiger partial charge on any atom is 0.140 e. The summed E-state index contributed by atoms with van der Waals surface area (Å²) >= 11 is 3.47. The number of pyridine rings is 1. The highest BCUT2D eigenvalue weighted by molar-refractivity contribution is 9.10. The van der Waals surface area contributed by atoms with Gasteiger partial charge in [-0.1, -0.05) is 0 Å². The number of aromatic nitrogens is 1. The molecule has 0 aromatic carbocycles. The van der Waals surface area contributed by atoms with Gasteiger partial charge >= 0.3 is 0 Å². The van der Waals surface area contributed by atoms with Gasteiger partial charge in [-0.05, 0) is 61.9 Å². The van der Waals surface area contributed by atoms with E-state index in [9.17, 15) is 0 Å². The van der Waals surface area contributed by atoms with Crippen LogP contribution in [0.1, 0.15) is 20.3 Å². The smallest absolute Gasteiger partial charge is 0.140 e. The standard InChI is InChI=1S/C12H20BrN3/c1-10(2)16(3)9-5-8-15-12-11(13)6-4-7-14-12/h4,6-7,10H,5,8-9H2,1-3H3,(H,14,15). The van der Waals surface area contributed by atoms with Crippen LogP contribution in [0.3, 0.4) is 0 Å². The molecule has 0 aliphatic heterocycles. The number of anilines is 1. The minimum atomic E-state index is 0.613. The van der Waals surface area contributed by atoms with Crippen LogP contribution in [0.2, 0.25) is 0 Å². The molecular weight excluding hydrogens is 266 g/mol. The van der Waals surface area contributed by atoms with E-state index in [1.807, 2.05) is 12.1 Å². The number of nitrogens with one attached hydrogen (secondary N) is 1. The van der Waals surface area contributed by atoms with E-state index < -0.39 is 0 Å². The largest absolute Gasteiger partial charge is 0.369 e. The van der Waals surface area contributed by atoms with Crippen LogP contribution in [0.5, 0.6) is 0 Å². The van der Waals surface area contributed by atoms with Crippen LogP contribution in [0.15, 0.2) is 22.8 Å². The Labute approximate surface area is 106 Å². The molecule has 1 aromatic heterocycles. The summed E-state index contributed by atoms with van der Waals surface area (Å²) in [7, 11) is 2.15. The maximum absolute atomic E-state index is 4.26. The molecule has 0 unspecified atom stereocenters. The first kappa shape index (κ1) is 13.5. The summed E-state index contributed by atoms with van der Waals surface area (Å²) in [6.45, 7) is 6.48. The van der Waals surface area contributed by atoms with Gasteiger partial charge in [0.1, 0.15) is 5.82 Å². The van der Waals surface area contributed by atoms with Crippen molar-refractivity contribution < 1.29 is 0 Å². The Kier molecular flexibility index (Phi) is 5.77. The lowest BCUT2D eigenvalue weighted by Gasteiger charge is -2.20. The van der Waals surface area contributed by atoms with Gasteiger partial charge in [0.05, 0.1) is 4.47 Å². The van der Waals surface area contributed by atoms with Crippen molar-refractivity contribution in [3.05, 3.63) is 22.8 Å². The average molecular weight is 286 g/mol. The van der Waals surface area contributed by atoms with Crippen molar-refractivity contribution >= 4 is 21.7 Å². The van der Waals surface area contributed by atoms with Crippen LogP contribution in [0.4, 0.5) is 5.82 Å². The van der Waals surface area contributed by atoms with E-state index in [0.717, 1.165) is 29.8 Å². The van der Waals surface area contributed by atoms with E-state index in [1.165, 1.54) is 0 Å². The Morgan fingerprint density at radius 2 is 2.25 bits per heavy atom. The monoisotopic (exact) mass is 285 g/mol. The Bertz CT molecular complexity index is 315. The number of nitrogens with zero attached hydrogens (tertiary/aromatic N) is 2. The zero-order chi connectivity index (χ0) is 12.0. The average Bonchev–Trinajstić information content (AvgIpc) is 2.26. The Morgan fingerprint density at radius 3 is 2.88 bits per heavy atom. The zero-order valence-electron chi connectivity index (χ0n) is 10.2. The van der Waals surface area contributed by atoms with E-state index in [0.29, 0.717) is 6.04 Å². The molecule has 0 spiro atoms. The molecule has 1 heterocycles. The highest BCUT2D eigenvalue weighted by atomic mass is 79.9. The Hall–Kier alpha value is -0.610. The maximum atomic E-state index is 4.26. The fourth-order valence-corrected chi connectivity index (χ4v) is 1.70. The molecule has 4 heteroatoms. The predicted molar refractivity (Wildman–Crippen MR) is 72.8 cm³/mol. The van der Waals surface area contributed by atoms with Crippen molar-refractivity contribution in [2.45, 2.75) is 26.3 Å². The topological polar surface area (TPSA) is 28.2 Å². The highest BCUT2D eigenvalue weighted by Gasteiger charge is 2.02. The van der Waals surface area contributed by atoms with Crippen molar-refractivity contribution in [3.63, 3.8) is 0 Å². The third kappa shape index (κ3) is 4.49. The second-order valence-electron chi connectivity index (χ2n) is 4.19. The van der Waals surface area contributed by atoms with Crippen LogP contribution in [0.25, 0.3) is 0 Å². The summed E-state index contributed by atoms with van der Waals surface area (Å²) in [5.74, 6) is 0.926. The summed E-state index contributed by atoms with van der Waals surface area (Å²) in [6.07, 6.45) is 2.92. The van der Waals surface area contributed by atoms with Crippen LogP contribution >= 0.6 is 15.9 Å². The molecule has 1 aromatic rings. The van der Waals surface area contributed by atoms with E-state index in [1.54, 1.807) is 6.20 Å². The van der Waals surface area contributed by atoms with Gasteiger partial charge in [-0.3, -0.25) is 0 Å². The van der Waals surface area contributed by atoms with Crippen molar-refractivity contribution in [3.8, 4) is 0 Å². The second kappa shape index (κ2) is 6.86. The lowest BCUT2D eigenvalue weighted by atomic mass is 10.3. The first-order valence-corrected chi connectivity index (χ1v) is 6.45. The van der Waals surface area contributed by atoms with E-state index in [-0.39, 0.29) is 0 Å². The van der Waals surface area contributed by atoms with Crippen molar-refractivity contribution in [2.24, 2.45) is 0 Å². The molecule has 3 nitrogen and oxygen atoms in total. The molecule has 0 saturated heterocycles. The molecule has 1 rings (SSSR count). The number of halogens is 1. The molecule has 0 radical (unpaired) electrons. The van der Waals surface area contributed by atoms with Gasteiger partial charge in [-0.25, -0.2) is 4.98 Å². The van der Waals surface area contributed by atoms with E-state index in [4.69, 9.17) is 0 Å². The molecule has 16 heavy (non-hydrogen) atoms. The van der Waals surface area contributed by atoms with Gasteiger partial charge < -0.3 is 10.2 Å². The van der Waals surface area contributed by atoms with Crippen molar-refractivity contribution in [1.82, 2.24) is 9.88 Å². The summed E-state index contributed by atoms with van der Waals surface area (Å²) in [5.41, 5.74) is 0. The van der Waals surface area contributed by atoms with Crippen LogP contribution in [-0.2, 0) is 0 Å². The Balaban J connectivity index is 2.24. The quantitative estimate of drug-likeness (QED) is 0.815. The summed E-state index contributed by atoms with van der Waals surface area (Å²) in [5, 5.41) is 3.32. The third-order valence-electron chi connectivity index (χ3n) is 2.62. The summed E-state index contributed by atoms with van der Waals surface area (Å²) in [4.78, 5) is 6.60. The van der Waals surface area contributed by atoms with Gasteiger partial charge in [0, 0.05) is 18.8 Å². The zero-order valence-corrected chi connectivity index (χ0v) is 11.8. The van der Waals surface area contributed by atoms with Crippen molar-refractivity contribution in [1.29, 1.82) is 0 Å². The molecule has 0 bridgehead atoms. The lowest BCUT2D eigenvalue weighted by molar-refractivity contribution is 0.273. The summed E-state index contributed by atoms with van der Waals surface area (Å²) < 4.78 is 1.02. The number of hydrogen-bond acceptors (Lipinski definition) is 3. The van der Waals surface area contributed by atoms with Gasteiger partial charge in [0.25, 0.3) is 0 Å². The third-order valence-corrected chi connectivity index (χ3v) is 3.26. The first-order valence-electron chi connectivity index (χ1n) is 5.66. The highest BCUT2D eigenvalue weighted by Crippen LogP contribution is 2.17. The molecule has 0 atom stereocenters. The summed E-state index contributed by atoms with van der Waals surface area (Å²) in [6, 6.07) is 4.53. The Morgan fingerprint density at radius 1 is 1.50 bits per heavy atom. The lowest BCUT2D eigenvalue weighted by Crippen LogP contribution is -2.28. The molecule has 0 aliphatic carbocycles. The fraction of sp³-hybridized carbons (Fsp3) is 0.583.